The van der Waals surface area contributed by atoms with Crippen LogP contribution in [0.15, 0.2) is 24.8 Å². The Balaban J connectivity index is 1.90. The second-order valence-electron chi connectivity index (χ2n) is 6.47. The molecule has 1 N–H and O–H groups in total. The summed E-state index contributed by atoms with van der Waals surface area (Å²) in [5.41, 5.74) is 2.46. The van der Waals surface area contributed by atoms with Gasteiger partial charge in [-0.1, -0.05) is 26.7 Å². The van der Waals surface area contributed by atoms with E-state index >= 15 is 0 Å². The zero-order valence-electron chi connectivity index (χ0n) is 13.1. The molecule has 0 radical (unpaired) electrons. The maximum atomic E-state index is 4.50. The van der Waals surface area contributed by atoms with Gasteiger partial charge in [0.15, 0.2) is 0 Å². The van der Waals surface area contributed by atoms with E-state index in [0.717, 1.165) is 24.4 Å². The molecule has 0 aliphatic heterocycles. The first-order valence-corrected chi connectivity index (χ1v) is 8.30. The Hall–Kier alpha value is -1.42. The number of hydrogen-bond acceptors (Lipinski definition) is 3. The summed E-state index contributed by atoms with van der Waals surface area (Å²) < 4.78 is 1.94. The van der Waals surface area contributed by atoms with Gasteiger partial charge in [0.1, 0.15) is 0 Å². The Morgan fingerprint density at radius 2 is 2.29 bits per heavy atom. The minimum absolute atomic E-state index is 0.411. The molecule has 1 aliphatic rings. The number of aromatic nitrogens is 3. The number of nitrogens with one attached hydrogen (secondary N) is 1. The van der Waals surface area contributed by atoms with E-state index < -0.39 is 0 Å². The average molecular weight is 286 g/mol. The zero-order chi connectivity index (χ0) is 14.7. The minimum Gasteiger partial charge on any atom is -0.310 e. The molecule has 2 aromatic rings. The largest absolute Gasteiger partial charge is 0.310 e. The van der Waals surface area contributed by atoms with Gasteiger partial charge in [-0.25, -0.2) is 4.52 Å². The molecule has 114 valence electrons. The van der Waals surface area contributed by atoms with Gasteiger partial charge in [0, 0.05) is 24.0 Å². The van der Waals surface area contributed by atoms with Crippen molar-refractivity contribution >= 4 is 5.52 Å². The predicted molar refractivity (Wildman–Crippen MR) is 85.1 cm³/mol. The molecule has 0 saturated heterocycles. The van der Waals surface area contributed by atoms with Crippen molar-refractivity contribution in [1.29, 1.82) is 0 Å². The van der Waals surface area contributed by atoms with E-state index in [1.807, 2.05) is 23.1 Å². The SMILES string of the molecule is CCCNC(c1cnn2ccncc12)C1CCCC(C)C1. The molecule has 3 unspecified atom stereocenters. The number of hydrogen-bond donors (Lipinski definition) is 1. The van der Waals surface area contributed by atoms with Crippen molar-refractivity contribution < 1.29 is 0 Å². The lowest BCUT2D eigenvalue weighted by Crippen LogP contribution is -2.31. The Morgan fingerprint density at radius 1 is 1.38 bits per heavy atom. The normalized spacial score (nSPS) is 24.3. The van der Waals surface area contributed by atoms with Crippen LogP contribution in [-0.4, -0.2) is 21.1 Å². The third-order valence-electron chi connectivity index (χ3n) is 4.75. The molecule has 21 heavy (non-hydrogen) atoms. The van der Waals surface area contributed by atoms with Gasteiger partial charge in [-0.3, -0.25) is 4.98 Å². The smallest absolute Gasteiger partial charge is 0.0892 e. The summed E-state index contributed by atoms with van der Waals surface area (Å²) in [6.07, 6.45) is 14.2. The van der Waals surface area contributed by atoms with Crippen LogP contribution in [0.4, 0.5) is 0 Å². The lowest BCUT2D eigenvalue weighted by atomic mass is 9.77. The highest BCUT2D eigenvalue weighted by Crippen LogP contribution is 2.38. The number of rotatable bonds is 5. The molecule has 2 aromatic heterocycles. The Labute approximate surface area is 127 Å². The molecule has 1 fully saturated rings. The molecule has 2 heterocycles. The molecular formula is C17H26N4. The van der Waals surface area contributed by atoms with Gasteiger partial charge in [0.05, 0.1) is 17.9 Å². The molecule has 3 rings (SSSR count). The number of fused-ring (bicyclic) bond motifs is 1. The monoisotopic (exact) mass is 286 g/mol. The quantitative estimate of drug-likeness (QED) is 0.913. The Bertz CT molecular complexity index is 577. The van der Waals surface area contributed by atoms with Gasteiger partial charge in [0.2, 0.25) is 0 Å². The molecule has 4 nitrogen and oxygen atoms in total. The maximum Gasteiger partial charge on any atom is 0.0892 e. The first kappa shape index (κ1) is 14.5. The minimum atomic E-state index is 0.411. The van der Waals surface area contributed by atoms with Crippen LogP contribution >= 0.6 is 0 Å². The van der Waals surface area contributed by atoms with E-state index in [2.05, 4.69) is 29.2 Å². The lowest BCUT2D eigenvalue weighted by Gasteiger charge is -2.33. The Morgan fingerprint density at radius 3 is 3.10 bits per heavy atom. The highest BCUT2D eigenvalue weighted by atomic mass is 15.2. The van der Waals surface area contributed by atoms with E-state index in [1.165, 1.54) is 31.2 Å². The van der Waals surface area contributed by atoms with Gasteiger partial charge in [-0.2, -0.15) is 5.10 Å². The second kappa shape index (κ2) is 6.56. The van der Waals surface area contributed by atoms with Crippen LogP contribution in [-0.2, 0) is 0 Å². The summed E-state index contributed by atoms with van der Waals surface area (Å²) in [6, 6.07) is 0.411. The summed E-state index contributed by atoms with van der Waals surface area (Å²) in [5, 5.41) is 8.27. The molecule has 0 spiro atoms. The van der Waals surface area contributed by atoms with Crippen LogP contribution in [0.1, 0.15) is 57.6 Å². The summed E-state index contributed by atoms with van der Waals surface area (Å²) in [7, 11) is 0. The van der Waals surface area contributed by atoms with Crippen molar-refractivity contribution in [3.05, 3.63) is 30.4 Å². The average Bonchev–Trinajstić information content (AvgIpc) is 2.92. The van der Waals surface area contributed by atoms with Gasteiger partial charge in [0.25, 0.3) is 0 Å². The van der Waals surface area contributed by atoms with E-state index in [-0.39, 0.29) is 0 Å². The van der Waals surface area contributed by atoms with Crippen LogP contribution < -0.4 is 5.32 Å². The fourth-order valence-corrected chi connectivity index (χ4v) is 3.71. The molecular weight excluding hydrogens is 260 g/mol. The first-order chi connectivity index (χ1) is 10.3. The van der Waals surface area contributed by atoms with Gasteiger partial charge < -0.3 is 5.32 Å². The molecule has 4 heteroatoms. The highest BCUT2D eigenvalue weighted by Gasteiger charge is 2.29. The van der Waals surface area contributed by atoms with E-state index in [9.17, 15) is 0 Å². The standard InChI is InChI=1S/C17H26N4/c1-3-7-19-17(14-6-4-5-13(2)10-14)15-11-20-21-9-8-18-12-16(15)21/h8-9,11-14,17,19H,3-7,10H2,1-2H3. The van der Waals surface area contributed by atoms with Gasteiger partial charge in [-0.05, 0) is 37.6 Å². The Kier molecular flexibility index (Phi) is 4.54. The summed E-state index contributed by atoms with van der Waals surface area (Å²) >= 11 is 0. The highest BCUT2D eigenvalue weighted by molar-refractivity contribution is 5.53. The molecule has 0 bridgehead atoms. The van der Waals surface area contributed by atoms with Crippen molar-refractivity contribution in [2.24, 2.45) is 11.8 Å². The fourth-order valence-electron chi connectivity index (χ4n) is 3.71. The fraction of sp³-hybridized carbons (Fsp3) is 0.647. The van der Waals surface area contributed by atoms with Crippen LogP contribution in [0.3, 0.4) is 0 Å². The summed E-state index contributed by atoms with van der Waals surface area (Å²) in [4.78, 5) is 4.28. The van der Waals surface area contributed by atoms with E-state index in [1.54, 1.807) is 6.20 Å². The van der Waals surface area contributed by atoms with Crippen LogP contribution in [0, 0.1) is 11.8 Å². The van der Waals surface area contributed by atoms with Crippen LogP contribution in [0.25, 0.3) is 5.52 Å². The van der Waals surface area contributed by atoms with Crippen LogP contribution in [0.5, 0.6) is 0 Å². The van der Waals surface area contributed by atoms with Crippen molar-refractivity contribution in [2.45, 2.75) is 52.0 Å². The topological polar surface area (TPSA) is 42.2 Å². The molecule has 3 atom stereocenters. The molecule has 1 aliphatic carbocycles. The molecule has 0 aromatic carbocycles. The number of nitrogens with zero attached hydrogens (tertiary/aromatic N) is 3. The van der Waals surface area contributed by atoms with Gasteiger partial charge >= 0.3 is 0 Å². The van der Waals surface area contributed by atoms with Gasteiger partial charge in [-0.15, -0.1) is 0 Å². The molecule has 1 saturated carbocycles. The predicted octanol–water partition coefficient (Wildman–Crippen LogP) is 3.60. The zero-order valence-corrected chi connectivity index (χ0v) is 13.1. The summed E-state index contributed by atoms with van der Waals surface area (Å²) in [5.74, 6) is 1.56. The van der Waals surface area contributed by atoms with Crippen LogP contribution in [0.2, 0.25) is 0 Å². The second-order valence-corrected chi connectivity index (χ2v) is 6.47. The third-order valence-corrected chi connectivity index (χ3v) is 4.75. The molecule has 0 amide bonds. The third kappa shape index (κ3) is 3.10. The summed E-state index contributed by atoms with van der Waals surface area (Å²) in [6.45, 7) is 5.68. The van der Waals surface area contributed by atoms with E-state index in [4.69, 9.17) is 0 Å². The van der Waals surface area contributed by atoms with Crippen molar-refractivity contribution in [2.75, 3.05) is 6.54 Å². The maximum absolute atomic E-state index is 4.50. The lowest BCUT2D eigenvalue weighted by molar-refractivity contribution is 0.224. The van der Waals surface area contributed by atoms with Crippen molar-refractivity contribution in [3.63, 3.8) is 0 Å². The first-order valence-electron chi connectivity index (χ1n) is 8.30. The van der Waals surface area contributed by atoms with E-state index in [0.29, 0.717) is 12.0 Å². The van der Waals surface area contributed by atoms with Crippen molar-refractivity contribution in [3.8, 4) is 0 Å². The van der Waals surface area contributed by atoms with Crippen molar-refractivity contribution in [1.82, 2.24) is 19.9 Å².